The summed E-state index contributed by atoms with van der Waals surface area (Å²) < 4.78 is 58.9. The zero-order valence-corrected chi connectivity index (χ0v) is 16.0. The molecule has 0 saturated heterocycles. The van der Waals surface area contributed by atoms with E-state index in [1.165, 1.54) is 0 Å². The van der Waals surface area contributed by atoms with E-state index in [1.807, 2.05) is 0 Å². The maximum Gasteiger partial charge on any atom is 3.00 e. The molecular weight excluding hydrogens is 465 g/mol. The van der Waals surface area contributed by atoms with Gasteiger partial charge in [-0.05, 0) is 0 Å². The molecule has 0 fully saturated rings. The van der Waals surface area contributed by atoms with Gasteiger partial charge in [0.2, 0.25) is 0 Å². The zero-order chi connectivity index (χ0) is 12.9. The van der Waals surface area contributed by atoms with Gasteiger partial charge >= 0.3 is 129 Å². The molecule has 11 nitrogen and oxygen atoms in total. The van der Waals surface area contributed by atoms with E-state index in [4.69, 9.17) is 19.8 Å². The fraction of sp³-hybridized carbons (Fsp3) is 0. The van der Waals surface area contributed by atoms with E-state index in [-0.39, 0.29) is 75.8 Å². The van der Waals surface area contributed by atoms with Gasteiger partial charge in [0.05, 0.1) is 11.9 Å². The van der Waals surface area contributed by atoms with Crippen molar-refractivity contribution >= 4 is 36.4 Å². The van der Waals surface area contributed by atoms with Crippen LogP contribution < -0.4 is 69.9 Å². The van der Waals surface area contributed by atoms with E-state index in [2.05, 4.69) is 2.84 Å². The first-order valence-corrected chi connectivity index (χ1v) is 6.56. The molecule has 0 aliphatic rings. The van der Waals surface area contributed by atoms with E-state index in [9.17, 15) is 23.5 Å². The molecular formula is C2Cr2KO11Sb. The van der Waals surface area contributed by atoms with Gasteiger partial charge < -0.3 is 19.8 Å². The third-order valence-corrected chi connectivity index (χ3v) is 3.00. The van der Waals surface area contributed by atoms with E-state index >= 15 is 0 Å². The van der Waals surface area contributed by atoms with Crippen LogP contribution in [0.3, 0.4) is 0 Å². The maximum atomic E-state index is 9.38. The quantitative estimate of drug-likeness (QED) is 0.277. The Morgan fingerprint density at radius 2 is 1.00 bits per heavy atom. The number of carbonyl (C=O) groups is 2. The molecule has 0 atom stereocenters. The Morgan fingerprint density at radius 3 is 1.00 bits per heavy atom. The van der Waals surface area contributed by atoms with Gasteiger partial charge in [0.15, 0.2) is 0 Å². The van der Waals surface area contributed by atoms with Gasteiger partial charge in [-0.2, -0.15) is 0 Å². The van der Waals surface area contributed by atoms with Crippen molar-refractivity contribution in [2.45, 2.75) is 0 Å². The first-order chi connectivity index (χ1) is 6.35. The van der Waals surface area contributed by atoms with E-state index < -0.39 is 39.2 Å². The summed E-state index contributed by atoms with van der Waals surface area (Å²) in [6.07, 6.45) is 0. The normalized spacial score (nSPS) is 9.76. The van der Waals surface area contributed by atoms with Crippen molar-refractivity contribution in [3.05, 3.63) is 0 Å². The van der Waals surface area contributed by atoms with E-state index in [1.54, 1.807) is 0 Å². The monoisotopic (exact) mass is 464 g/mol. The molecule has 17 heavy (non-hydrogen) atoms. The Morgan fingerprint density at radius 1 is 0.824 bits per heavy atom. The summed E-state index contributed by atoms with van der Waals surface area (Å²) in [6, 6.07) is 0. The van der Waals surface area contributed by atoms with Crippen molar-refractivity contribution in [2.75, 3.05) is 0 Å². The van der Waals surface area contributed by atoms with Crippen molar-refractivity contribution in [2.24, 2.45) is 0 Å². The standard InChI is InChI=1S/C2H2O4.2Cr.K.7O.Sb/c3-1(4)2(5)6;;;;;;;;;;;/h(H,3,4)(H,5,6);;;;;;;;;;;/q;;;+1;;;;;;2*-1;+3/p-2. The van der Waals surface area contributed by atoms with Crippen molar-refractivity contribution in [3.63, 3.8) is 0 Å². The predicted molar refractivity (Wildman–Crippen MR) is 19.6 cm³/mol. The van der Waals surface area contributed by atoms with Crippen LogP contribution in [0.1, 0.15) is 0 Å². The Balaban J connectivity index is -0.0000000945. The minimum Gasteiger partial charge on any atom is 3.00 e. The van der Waals surface area contributed by atoms with Gasteiger partial charge in [-0.25, -0.2) is 0 Å². The van der Waals surface area contributed by atoms with Crippen molar-refractivity contribution in [3.8, 4) is 0 Å². The third-order valence-electron chi connectivity index (χ3n) is 0.333. The first-order valence-electron chi connectivity index (χ1n) is 2.40. The summed E-state index contributed by atoms with van der Waals surface area (Å²) in [5.74, 6) is -4.37. The maximum absolute atomic E-state index is 9.38. The number of hydrogen-bond donors (Lipinski definition) is 0. The van der Waals surface area contributed by atoms with Crippen molar-refractivity contribution in [1.29, 1.82) is 0 Å². The molecule has 0 aromatic rings. The molecule has 0 aliphatic carbocycles. The molecule has 0 saturated carbocycles. The number of hydrogen-bond acceptors (Lipinski definition) is 11. The average Bonchev–Trinajstić information content (AvgIpc) is 1.78. The zero-order valence-electron chi connectivity index (χ0n) is 7.75. The minimum atomic E-state index is -6.07. The van der Waals surface area contributed by atoms with E-state index in [0.29, 0.717) is 0 Å². The van der Waals surface area contributed by atoms with Crippen LogP contribution in [0, 0.1) is 0 Å². The summed E-state index contributed by atoms with van der Waals surface area (Å²) in [5.41, 5.74) is 0. The second kappa shape index (κ2) is 11.4. The number of carboxylic acids is 2. The second-order valence-corrected chi connectivity index (χ2v) is 5.10. The Kier molecular flexibility index (Phi) is 18.0. The molecule has 0 unspecified atom stereocenters. The van der Waals surface area contributed by atoms with Gasteiger partial charge in [-0.3, -0.25) is 0 Å². The summed E-state index contributed by atoms with van der Waals surface area (Å²) in [6.45, 7) is 0. The Labute approximate surface area is 158 Å². The fourth-order valence-corrected chi connectivity index (χ4v) is 1.74. The molecule has 0 aromatic carbocycles. The summed E-state index contributed by atoms with van der Waals surface area (Å²) in [7, 11) is 0. The molecule has 92 valence electrons. The average molecular weight is 465 g/mol. The Bertz CT molecular complexity index is 392. The van der Waals surface area contributed by atoms with Gasteiger partial charge in [0.1, 0.15) is 0 Å². The summed E-state index contributed by atoms with van der Waals surface area (Å²) in [4.78, 5) is 17.9. The van der Waals surface area contributed by atoms with Crippen LogP contribution in [-0.2, 0) is 54.9 Å². The molecule has 0 N–H and O–H groups in total. The molecule has 0 bridgehead atoms. The molecule has 2 radical (unpaired) electrons. The molecule has 0 amide bonds. The van der Waals surface area contributed by atoms with Gasteiger partial charge in [0.25, 0.3) is 0 Å². The van der Waals surface area contributed by atoms with Crippen LogP contribution in [0.15, 0.2) is 0 Å². The summed E-state index contributed by atoms with van der Waals surface area (Å²) >= 11 is -12.1. The van der Waals surface area contributed by atoms with Gasteiger partial charge in [0, 0.05) is 0 Å². The van der Waals surface area contributed by atoms with Gasteiger partial charge in [-0.15, -0.1) is 0 Å². The molecule has 0 aromatic heterocycles. The predicted octanol–water partition coefficient (Wildman–Crippen LogP) is -9.82. The van der Waals surface area contributed by atoms with Crippen LogP contribution in [0.2, 0.25) is 0 Å². The summed E-state index contributed by atoms with van der Waals surface area (Å²) in [5, 5.41) is 17.9. The van der Waals surface area contributed by atoms with Crippen LogP contribution in [0.25, 0.3) is 0 Å². The van der Waals surface area contributed by atoms with Crippen molar-refractivity contribution in [1.82, 2.24) is 0 Å². The number of rotatable bonds is 2. The largest absolute Gasteiger partial charge is 3.00 e. The third kappa shape index (κ3) is 31.8. The number of carboxylic acid groups (broad SMARTS) is 2. The minimum absolute atomic E-state index is 0. The topological polar surface area (TPSA) is 204 Å². The van der Waals surface area contributed by atoms with Crippen LogP contribution in [-0.4, -0.2) is 36.4 Å². The SMILES string of the molecule is O=C([O-])C(=O)[O-].[K+].[O]=[Cr](=[O])([O-])[O][Cr](=[O])(=[O])[O-].[Sb+3]. The molecule has 0 aliphatic heterocycles. The fourth-order valence-electron chi connectivity index (χ4n) is 0.102. The van der Waals surface area contributed by atoms with Gasteiger partial charge in [-0.1, -0.05) is 0 Å². The molecule has 0 rings (SSSR count). The molecule has 0 heterocycles. The molecule has 0 spiro atoms. The number of carbonyl (C=O) groups excluding carboxylic acids is 2. The smallest absolute Gasteiger partial charge is 3.00 e. The first kappa shape index (κ1) is 27.0. The van der Waals surface area contributed by atoms with Crippen LogP contribution in [0.4, 0.5) is 0 Å². The number of aliphatic carboxylic acids is 2. The van der Waals surface area contributed by atoms with Crippen LogP contribution >= 0.6 is 0 Å². The second-order valence-electron chi connectivity index (χ2n) is 1.46. The molecule has 15 heteroatoms. The van der Waals surface area contributed by atoms with E-state index in [0.717, 1.165) is 0 Å². The van der Waals surface area contributed by atoms with Crippen LogP contribution in [0.5, 0.6) is 0 Å². The Hall–Kier alpha value is 1.54. The van der Waals surface area contributed by atoms with Crippen molar-refractivity contribution < 1.29 is 125 Å².